The van der Waals surface area contributed by atoms with Gasteiger partial charge < -0.3 is 14.5 Å². The van der Waals surface area contributed by atoms with Crippen LogP contribution in [0, 0.1) is 11.6 Å². The third-order valence-electron chi connectivity index (χ3n) is 3.77. The highest BCUT2D eigenvalue weighted by Gasteiger charge is 2.21. The zero-order valence-electron chi connectivity index (χ0n) is 14.4. The topological polar surface area (TPSA) is 81.4 Å². The average molecular weight is 374 g/mol. The summed E-state index contributed by atoms with van der Waals surface area (Å²) < 4.78 is 37.6. The van der Waals surface area contributed by atoms with Crippen LogP contribution in [-0.2, 0) is 20.7 Å². The molecule has 0 fully saturated rings. The molecule has 0 spiro atoms. The first-order valence-corrected chi connectivity index (χ1v) is 8.23. The van der Waals surface area contributed by atoms with Crippen LogP contribution in [0.5, 0.6) is 0 Å². The molecule has 0 radical (unpaired) electrons. The number of aromatic nitrogens is 1. The number of oxazole rings is 1. The highest BCUT2D eigenvalue weighted by atomic mass is 19.1. The van der Waals surface area contributed by atoms with Crippen molar-refractivity contribution in [3.8, 4) is 0 Å². The van der Waals surface area contributed by atoms with Crippen molar-refractivity contribution in [3.63, 3.8) is 0 Å². The molecule has 1 atom stereocenters. The van der Waals surface area contributed by atoms with E-state index in [-0.39, 0.29) is 12.8 Å². The van der Waals surface area contributed by atoms with Gasteiger partial charge in [-0.1, -0.05) is 18.2 Å². The smallest absolute Gasteiger partial charge is 0.307 e. The number of anilines is 1. The highest BCUT2D eigenvalue weighted by Crippen LogP contribution is 2.19. The van der Waals surface area contributed by atoms with Gasteiger partial charge in [0.1, 0.15) is 22.8 Å². The molecule has 0 bridgehead atoms. The molecule has 3 rings (SSSR count). The number of nitrogens with zero attached hydrogens (tertiary/aromatic N) is 1. The summed E-state index contributed by atoms with van der Waals surface area (Å²) in [7, 11) is 0. The number of esters is 1. The summed E-state index contributed by atoms with van der Waals surface area (Å²) in [6.45, 7) is 1.31. The normalized spacial score (nSPS) is 12.0. The Bertz CT molecular complexity index is 934. The number of para-hydroxylation sites is 3. The molecule has 0 aliphatic rings. The van der Waals surface area contributed by atoms with Gasteiger partial charge in [-0.3, -0.25) is 9.59 Å². The number of amides is 1. The summed E-state index contributed by atoms with van der Waals surface area (Å²) in [4.78, 5) is 28.1. The van der Waals surface area contributed by atoms with Crippen LogP contribution in [0.4, 0.5) is 14.5 Å². The van der Waals surface area contributed by atoms with E-state index in [2.05, 4.69) is 10.3 Å². The second kappa shape index (κ2) is 7.94. The van der Waals surface area contributed by atoms with Crippen LogP contribution in [0.15, 0.2) is 46.9 Å². The molecule has 0 unspecified atom stereocenters. The fourth-order valence-electron chi connectivity index (χ4n) is 2.39. The lowest BCUT2D eigenvalue weighted by Crippen LogP contribution is -2.30. The summed E-state index contributed by atoms with van der Waals surface area (Å²) in [5.74, 6) is -2.96. The Hall–Kier alpha value is -3.29. The molecule has 0 saturated heterocycles. The summed E-state index contributed by atoms with van der Waals surface area (Å²) in [5, 5.41) is 2.08. The number of benzene rings is 2. The number of rotatable bonds is 6. The van der Waals surface area contributed by atoms with E-state index in [0.717, 1.165) is 12.1 Å². The number of hydrogen-bond donors (Lipinski definition) is 1. The first-order valence-electron chi connectivity index (χ1n) is 8.23. The lowest BCUT2D eigenvalue weighted by atomic mass is 10.2. The third kappa shape index (κ3) is 4.46. The second-order valence-corrected chi connectivity index (χ2v) is 5.79. The van der Waals surface area contributed by atoms with E-state index in [1.807, 2.05) is 12.1 Å². The monoisotopic (exact) mass is 374 g/mol. The van der Waals surface area contributed by atoms with E-state index in [9.17, 15) is 18.4 Å². The Balaban J connectivity index is 1.53. The molecule has 0 aliphatic carbocycles. The van der Waals surface area contributed by atoms with Crippen molar-refractivity contribution in [2.75, 3.05) is 5.32 Å². The summed E-state index contributed by atoms with van der Waals surface area (Å²) in [6.07, 6.45) is -1.08. The molecular formula is C19H16F2N2O4. The predicted molar refractivity (Wildman–Crippen MR) is 92.9 cm³/mol. The van der Waals surface area contributed by atoms with Crippen molar-refractivity contribution in [1.82, 2.24) is 4.98 Å². The molecule has 8 heteroatoms. The van der Waals surface area contributed by atoms with Gasteiger partial charge in [-0.2, -0.15) is 0 Å². The van der Waals surface area contributed by atoms with Gasteiger partial charge in [0.2, 0.25) is 0 Å². The van der Waals surface area contributed by atoms with Crippen LogP contribution in [0.1, 0.15) is 19.2 Å². The number of hydrogen-bond acceptors (Lipinski definition) is 5. The molecule has 1 heterocycles. The Morgan fingerprint density at radius 2 is 1.85 bits per heavy atom. The SMILES string of the molecule is C[C@@H](OC(=O)CCc1nc2ccccc2o1)C(=O)Nc1c(F)cccc1F. The molecule has 0 aliphatic heterocycles. The van der Waals surface area contributed by atoms with E-state index in [4.69, 9.17) is 9.15 Å². The molecule has 1 N–H and O–H groups in total. The van der Waals surface area contributed by atoms with Crippen LogP contribution in [0.25, 0.3) is 11.1 Å². The fourth-order valence-corrected chi connectivity index (χ4v) is 2.39. The zero-order valence-corrected chi connectivity index (χ0v) is 14.4. The molecule has 6 nitrogen and oxygen atoms in total. The Morgan fingerprint density at radius 1 is 1.15 bits per heavy atom. The number of aryl methyl sites for hydroxylation is 1. The van der Waals surface area contributed by atoms with Crippen LogP contribution >= 0.6 is 0 Å². The maximum Gasteiger partial charge on any atom is 0.307 e. The minimum atomic E-state index is -1.22. The predicted octanol–water partition coefficient (Wildman–Crippen LogP) is 3.61. The fraction of sp³-hybridized carbons (Fsp3) is 0.211. The molecule has 0 saturated carbocycles. The largest absolute Gasteiger partial charge is 0.453 e. The van der Waals surface area contributed by atoms with Gasteiger partial charge in [0.15, 0.2) is 17.6 Å². The summed E-state index contributed by atoms with van der Waals surface area (Å²) >= 11 is 0. The molecule has 2 aromatic carbocycles. The van der Waals surface area contributed by atoms with Crippen molar-refractivity contribution >= 4 is 28.7 Å². The van der Waals surface area contributed by atoms with E-state index >= 15 is 0 Å². The first-order chi connectivity index (χ1) is 12.9. The Labute approximate surface area is 153 Å². The number of ether oxygens (including phenoxy) is 1. The highest BCUT2D eigenvalue weighted by molar-refractivity contribution is 5.95. The number of nitrogens with one attached hydrogen (secondary N) is 1. The second-order valence-electron chi connectivity index (χ2n) is 5.79. The number of fused-ring (bicyclic) bond motifs is 1. The van der Waals surface area contributed by atoms with Gasteiger partial charge in [-0.25, -0.2) is 13.8 Å². The molecule has 3 aromatic rings. The van der Waals surface area contributed by atoms with Crippen molar-refractivity contribution in [3.05, 3.63) is 60.0 Å². The third-order valence-corrected chi connectivity index (χ3v) is 3.77. The van der Waals surface area contributed by atoms with Crippen molar-refractivity contribution < 1.29 is 27.5 Å². The van der Waals surface area contributed by atoms with Gasteiger partial charge in [0.05, 0.1) is 6.42 Å². The van der Waals surface area contributed by atoms with Crippen LogP contribution in [0.3, 0.4) is 0 Å². The maximum absolute atomic E-state index is 13.6. The number of halogens is 2. The van der Waals surface area contributed by atoms with Gasteiger partial charge in [0, 0.05) is 6.42 Å². The minimum absolute atomic E-state index is 0.0570. The standard InChI is InChI=1S/C19H16F2N2O4/c1-11(19(25)23-18-12(20)5-4-6-13(18)21)26-17(24)10-9-16-22-14-7-2-3-8-15(14)27-16/h2-8,11H,9-10H2,1H3,(H,23,25)/t11-/m1/s1. The molecule has 1 aromatic heterocycles. The molecule has 27 heavy (non-hydrogen) atoms. The van der Waals surface area contributed by atoms with Crippen molar-refractivity contribution in [2.45, 2.75) is 25.9 Å². The van der Waals surface area contributed by atoms with Gasteiger partial charge in [-0.15, -0.1) is 0 Å². The van der Waals surface area contributed by atoms with Crippen LogP contribution < -0.4 is 5.32 Å². The summed E-state index contributed by atoms with van der Waals surface area (Å²) in [6, 6.07) is 10.4. The average Bonchev–Trinajstić information content (AvgIpc) is 3.06. The molecule has 140 valence electrons. The minimum Gasteiger partial charge on any atom is -0.453 e. The number of carbonyl (C=O) groups is 2. The lowest BCUT2D eigenvalue weighted by Gasteiger charge is -2.14. The Kier molecular flexibility index (Phi) is 5.44. The van der Waals surface area contributed by atoms with E-state index in [1.54, 1.807) is 12.1 Å². The van der Waals surface area contributed by atoms with E-state index in [1.165, 1.54) is 13.0 Å². The molecule has 1 amide bonds. The van der Waals surface area contributed by atoms with E-state index in [0.29, 0.717) is 17.0 Å². The zero-order chi connectivity index (χ0) is 19.4. The summed E-state index contributed by atoms with van der Waals surface area (Å²) in [5.41, 5.74) is 0.706. The van der Waals surface area contributed by atoms with E-state index < -0.39 is 35.3 Å². The number of carbonyl (C=O) groups excluding carboxylic acids is 2. The lowest BCUT2D eigenvalue weighted by molar-refractivity contribution is -0.153. The van der Waals surface area contributed by atoms with Crippen molar-refractivity contribution in [1.29, 1.82) is 0 Å². The Morgan fingerprint density at radius 3 is 2.56 bits per heavy atom. The van der Waals surface area contributed by atoms with Gasteiger partial charge >= 0.3 is 5.97 Å². The quantitative estimate of drug-likeness (QED) is 0.667. The van der Waals surface area contributed by atoms with Crippen LogP contribution in [0.2, 0.25) is 0 Å². The van der Waals surface area contributed by atoms with Gasteiger partial charge in [-0.05, 0) is 31.2 Å². The molecular weight excluding hydrogens is 358 g/mol. The van der Waals surface area contributed by atoms with Crippen molar-refractivity contribution in [2.24, 2.45) is 0 Å². The maximum atomic E-state index is 13.6. The van der Waals surface area contributed by atoms with Gasteiger partial charge in [0.25, 0.3) is 5.91 Å². The van der Waals surface area contributed by atoms with Crippen LogP contribution in [-0.4, -0.2) is 23.0 Å². The first kappa shape index (κ1) is 18.5.